The van der Waals surface area contributed by atoms with Crippen molar-refractivity contribution in [2.45, 2.75) is 20.3 Å². The number of hydrogen-bond acceptors (Lipinski definition) is 7. The van der Waals surface area contributed by atoms with E-state index in [1.165, 1.54) is 4.88 Å². The van der Waals surface area contributed by atoms with Crippen LogP contribution in [0.4, 0.5) is 10.9 Å². The summed E-state index contributed by atoms with van der Waals surface area (Å²) in [7, 11) is 1.83. The molecule has 0 amide bonds. The topological polar surface area (TPSA) is 66.3 Å². The van der Waals surface area contributed by atoms with Gasteiger partial charge in [0.1, 0.15) is 11.4 Å². The Kier molecular flexibility index (Phi) is 5.99. The number of rotatable bonds is 7. The van der Waals surface area contributed by atoms with Crippen LogP contribution in [0.5, 0.6) is 0 Å². The molecule has 0 aliphatic carbocycles. The van der Waals surface area contributed by atoms with E-state index < -0.39 is 5.97 Å². The number of aromatic carboxylic acids is 1. The van der Waals surface area contributed by atoms with Gasteiger partial charge >= 0.3 is 5.97 Å². The molecule has 0 spiro atoms. The molecule has 0 saturated carbocycles. The first-order valence-electron chi connectivity index (χ1n) is 9.48. The molecular weight excluding hydrogens is 434 g/mol. The minimum atomic E-state index is -1.000. The van der Waals surface area contributed by atoms with E-state index in [9.17, 15) is 9.90 Å². The summed E-state index contributed by atoms with van der Waals surface area (Å²) in [6, 6.07) is 9.69. The molecule has 0 aliphatic heterocycles. The highest BCUT2D eigenvalue weighted by Crippen LogP contribution is 2.39. The van der Waals surface area contributed by atoms with Crippen LogP contribution < -0.4 is 4.90 Å². The third-order valence-electron chi connectivity index (χ3n) is 4.54. The third-order valence-corrected chi connectivity index (χ3v) is 7.49. The predicted molar refractivity (Wildman–Crippen MR) is 127 cm³/mol. The Bertz CT molecular complexity index is 1150. The maximum atomic E-state index is 12.0. The number of carbonyl (C=O) groups is 1. The van der Waals surface area contributed by atoms with E-state index in [0.29, 0.717) is 11.7 Å². The van der Waals surface area contributed by atoms with E-state index >= 15 is 0 Å². The van der Waals surface area contributed by atoms with Crippen LogP contribution in [-0.2, 0) is 6.42 Å². The van der Waals surface area contributed by atoms with Gasteiger partial charge in [-0.05, 0) is 41.3 Å². The number of hydrogen-bond donors (Lipinski definition) is 1. The van der Waals surface area contributed by atoms with Crippen LogP contribution in [0.15, 0.2) is 47.3 Å². The fourth-order valence-corrected chi connectivity index (χ4v) is 5.91. The van der Waals surface area contributed by atoms with E-state index in [1.54, 1.807) is 51.2 Å². The lowest BCUT2D eigenvalue weighted by atomic mass is 10.1. The largest absolute Gasteiger partial charge is 0.478 e. The van der Waals surface area contributed by atoms with Gasteiger partial charge in [-0.25, -0.2) is 14.8 Å². The van der Waals surface area contributed by atoms with Crippen LogP contribution in [0, 0.1) is 5.92 Å². The Balaban J connectivity index is 1.75. The summed E-state index contributed by atoms with van der Waals surface area (Å²) in [5.74, 6) is -0.106. The zero-order valence-corrected chi connectivity index (χ0v) is 19.3. The van der Waals surface area contributed by atoms with Crippen molar-refractivity contribution < 1.29 is 9.90 Å². The highest BCUT2D eigenvalue weighted by molar-refractivity contribution is 7.17. The minimum Gasteiger partial charge on any atom is -0.478 e. The lowest BCUT2D eigenvalue weighted by Gasteiger charge is -2.17. The maximum Gasteiger partial charge on any atom is 0.339 e. The van der Waals surface area contributed by atoms with E-state index in [0.717, 1.165) is 32.6 Å². The molecule has 8 heteroatoms. The molecule has 154 valence electrons. The Morgan fingerprint density at radius 2 is 1.87 bits per heavy atom. The number of aromatic nitrogens is 2. The molecule has 0 saturated heterocycles. The van der Waals surface area contributed by atoms with E-state index in [1.807, 2.05) is 36.0 Å². The summed E-state index contributed by atoms with van der Waals surface area (Å²) >= 11 is 4.83. The van der Waals surface area contributed by atoms with Crippen molar-refractivity contribution >= 4 is 50.9 Å². The molecule has 0 aliphatic rings. The average Bonchev–Trinajstić information content (AvgIpc) is 3.47. The lowest BCUT2D eigenvalue weighted by Crippen LogP contribution is -2.15. The molecule has 0 unspecified atom stereocenters. The van der Waals surface area contributed by atoms with Crippen LogP contribution in [0.3, 0.4) is 0 Å². The molecule has 4 heterocycles. The van der Waals surface area contributed by atoms with Crippen LogP contribution in [0.1, 0.15) is 29.1 Å². The Morgan fingerprint density at radius 3 is 2.47 bits per heavy atom. The minimum absolute atomic E-state index is 0.168. The molecule has 0 aromatic carbocycles. The third kappa shape index (κ3) is 4.16. The summed E-state index contributed by atoms with van der Waals surface area (Å²) in [4.78, 5) is 26.5. The molecule has 0 atom stereocenters. The first-order valence-corrected chi connectivity index (χ1v) is 12.1. The molecule has 0 fully saturated rings. The predicted octanol–water partition coefficient (Wildman–Crippen LogP) is 6.66. The second-order valence-corrected chi connectivity index (χ2v) is 10.2. The molecular formula is C22H21N3O2S3. The van der Waals surface area contributed by atoms with Crippen molar-refractivity contribution in [3.8, 4) is 21.0 Å². The smallest absolute Gasteiger partial charge is 0.339 e. The number of thiophene rings is 2. The number of carboxylic acids is 1. The van der Waals surface area contributed by atoms with Gasteiger partial charge in [0.15, 0.2) is 5.13 Å². The average molecular weight is 456 g/mol. The fraction of sp³-hybridized carbons (Fsp3) is 0.227. The van der Waals surface area contributed by atoms with Gasteiger partial charge in [0.25, 0.3) is 0 Å². The van der Waals surface area contributed by atoms with E-state index in [2.05, 4.69) is 24.9 Å². The van der Waals surface area contributed by atoms with Crippen LogP contribution in [0.2, 0.25) is 0 Å². The van der Waals surface area contributed by atoms with Gasteiger partial charge in [-0.2, -0.15) is 0 Å². The molecule has 30 heavy (non-hydrogen) atoms. The van der Waals surface area contributed by atoms with Crippen molar-refractivity contribution in [1.29, 1.82) is 0 Å². The molecule has 4 rings (SSSR count). The quantitative estimate of drug-likeness (QED) is 0.337. The molecule has 4 aromatic heterocycles. The number of nitrogens with zero attached hydrogens (tertiary/aromatic N) is 3. The van der Waals surface area contributed by atoms with Gasteiger partial charge in [0, 0.05) is 28.6 Å². The molecule has 4 aromatic rings. The second kappa shape index (κ2) is 8.67. The van der Waals surface area contributed by atoms with Gasteiger partial charge in [-0.15, -0.1) is 34.0 Å². The first kappa shape index (κ1) is 20.7. The SMILES string of the molecule is CC(C)Cc1sc(N(C)c2ncc(-c3cccs3)cc2C(=O)O)nc1-c1cccs1. The fourth-order valence-electron chi connectivity index (χ4n) is 3.15. The summed E-state index contributed by atoms with van der Waals surface area (Å²) in [6.45, 7) is 4.38. The van der Waals surface area contributed by atoms with Gasteiger partial charge in [0.05, 0.1) is 10.6 Å². The summed E-state index contributed by atoms with van der Waals surface area (Å²) in [5, 5.41) is 14.6. The van der Waals surface area contributed by atoms with Crippen molar-refractivity contribution in [3.63, 3.8) is 0 Å². The number of carboxylic acid groups (broad SMARTS) is 1. The summed E-state index contributed by atoms with van der Waals surface area (Å²) in [6.07, 6.45) is 2.65. The van der Waals surface area contributed by atoms with E-state index in [-0.39, 0.29) is 5.56 Å². The monoisotopic (exact) mass is 455 g/mol. The molecule has 5 nitrogen and oxygen atoms in total. The summed E-state index contributed by atoms with van der Waals surface area (Å²) in [5.41, 5.74) is 1.96. The Hall–Kier alpha value is -2.55. The van der Waals surface area contributed by atoms with Crippen molar-refractivity contribution in [3.05, 3.63) is 57.7 Å². The van der Waals surface area contributed by atoms with Crippen LogP contribution in [0.25, 0.3) is 21.0 Å². The Labute approximate surface area is 187 Å². The van der Waals surface area contributed by atoms with Gasteiger partial charge in [0.2, 0.25) is 0 Å². The maximum absolute atomic E-state index is 12.0. The van der Waals surface area contributed by atoms with Gasteiger partial charge in [-0.3, -0.25) is 0 Å². The molecule has 1 N–H and O–H groups in total. The van der Waals surface area contributed by atoms with Crippen LogP contribution in [-0.4, -0.2) is 28.1 Å². The normalized spacial score (nSPS) is 11.2. The molecule has 0 bridgehead atoms. The second-order valence-electron chi connectivity index (χ2n) is 7.28. The number of pyridine rings is 1. The van der Waals surface area contributed by atoms with Gasteiger partial charge in [-0.1, -0.05) is 26.0 Å². The van der Waals surface area contributed by atoms with E-state index in [4.69, 9.17) is 4.98 Å². The zero-order chi connectivity index (χ0) is 21.3. The standard InChI is InChI=1S/C22H21N3O2S3/c1-13(2)10-18-19(17-7-5-9-29-17)24-22(30-18)25(3)20-15(21(26)27)11-14(12-23-20)16-6-4-8-28-16/h4-9,11-13H,10H2,1-3H3,(H,26,27). The van der Waals surface area contributed by atoms with Crippen molar-refractivity contribution in [2.24, 2.45) is 5.92 Å². The van der Waals surface area contributed by atoms with Crippen molar-refractivity contribution in [2.75, 3.05) is 11.9 Å². The first-order chi connectivity index (χ1) is 14.4. The van der Waals surface area contributed by atoms with Crippen LogP contribution >= 0.6 is 34.0 Å². The Morgan fingerprint density at radius 1 is 1.17 bits per heavy atom. The lowest BCUT2D eigenvalue weighted by molar-refractivity contribution is 0.0697. The van der Waals surface area contributed by atoms with Crippen molar-refractivity contribution in [1.82, 2.24) is 9.97 Å². The highest BCUT2D eigenvalue weighted by atomic mass is 32.1. The summed E-state index contributed by atoms with van der Waals surface area (Å²) < 4.78 is 0. The number of thiazole rings is 1. The number of anilines is 2. The van der Waals surface area contributed by atoms with Gasteiger partial charge < -0.3 is 10.0 Å². The zero-order valence-electron chi connectivity index (χ0n) is 16.8. The molecule has 0 radical (unpaired) electrons. The highest BCUT2D eigenvalue weighted by Gasteiger charge is 2.23.